The van der Waals surface area contributed by atoms with Gasteiger partial charge in [-0.15, -0.1) is 22.9 Å². The average molecular weight is 402 g/mol. The molecule has 1 atom stereocenters. The first-order chi connectivity index (χ1) is 7.97. The van der Waals surface area contributed by atoms with Crippen LogP contribution in [0.2, 0.25) is 0 Å². The third-order valence-electron chi connectivity index (χ3n) is 2.09. The molecule has 0 amide bonds. The van der Waals surface area contributed by atoms with Crippen LogP contribution in [-0.2, 0) is 0 Å². The maximum absolute atomic E-state index is 13.1. The third kappa shape index (κ3) is 3.08. The van der Waals surface area contributed by atoms with E-state index in [2.05, 4.69) is 31.9 Å². The molecule has 1 heterocycles. The largest absolute Gasteiger partial charge is 0.207 e. The second kappa shape index (κ2) is 5.34. The molecule has 2 rings (SSSR count). The molecule has 2 aromatic rings. The van der Waals surface area contributed by atoms with Crippen LogP contribution in [0.5, 0.6) is 0 Å². The first-order valence-electron chi connectivity index (χ1n) is 4.52. The van der Waals surface area contributed by atoms with Gasteiger partial charge in [0.15, 0.2) is 0 Å². The zero-order chi connectivity index (χ0) is 12.6. The minimum Gasteiger partial charge on any atom is -0.207 e. The van der Waals surface area contributed by atoms with Crippen LogP contribution in [0.25, 0.3) is 0 Å². The van der Waals surface area contributed by atoms with Crippen molar-refractivity contribution in [3.63, 3.8) is 0 Å². The van der Waals surface area contributed by atoms with E-state index >= 15 is 0 Å². The van der Waals surface area contributed by atoms with Crippen molar-refractivity contribution in [2.45, 2.75) is 5.38 Å². The Kier molecular flexibility index (Phi) is 4.23. The Morgan fingerprint density at radius 2 is 1.65 bits per heavy atom. The minimum atomic E-state index is -0.625. The minimum absolute atomic E-state index is 0.408. The monoisotopic (exact) mass is 400 g/mol. The molecule has 0 fully saturated rings. The third-order valence-corrected chi connectivity index (χ3v) is 6.03. The van der Waals surface area contributed by atoms with Crippen molar-refractivity contribution in [2.75, 3.05) is 0 Å². The van der Waals surface area contributed by atoms with Gasteiger partial charge in [0.05, 0.1) is 9.16 Å². The maximum atomic E-state index is 13.1. The van der Waals surface area contributed by atoms with Crippen molar-refractivity contribution in [2.24, 2.45) is 0 Å². The lowest BCUT2D eigenvalue weighted by Crippen LogP contribution is -1.93. The van der Waals surface area contributed by atoms with Gasteiger partial charge in [0.25, 0.3) is 0 Å². The number of halogens is 5. The van der Waals surface area contributed by atoms with Crippen molar-refractivity contribution in [3.8, 4) is 0 Å². The van der Waals surface area contributed by atoms with Crippen LogP contribution in [0.4, 0.5) is 8.78 Å². The molecule has 90 valence electrons. The summed E-state index contributed by atoms with van der Waals surface area (Å²) in [5.74, 6) is -1.25. The van der Waals surface area contributed by atoms with Crippen molar-refractivity contribution in [3.05, 3.63) is 54.6 Å². The standard InChI is InChI=1S/C11H5Br2ClF2S/c12-8-4-9(17-11(8)13)10(14)5-1-6(15)3-7(16)2-5/h1-4,10H. The molecule has 0 saturated carbocycles. The summed E-state index contributed by atoms with van der Waals surface area (Å²) in [7, 11) is 0. The number of thiophene rings is 1. The fourth-order valence-corrected chi connectivity index (χ4v) is 3.79. The van der Waals surface area contributed by atoms with E-state index in [1.54, 1.807) is 0 Å². The summed E-state index contributed by atoms with van der Waals surface area (Å²) in [6, 6.07) is 5.13. The highest BCUT2D eigenvalue weighted by atomic mass is 79.9. The van der Waals surface area contributed by atoms with Gasteiger partial charge in [0, 0.05) is 15.4 Å². The van der Waals surface area contributed by atoms with Crippen LogP contribution in [0, 0.1) is 11.6 Å². The van der Waals surface area contributed by atoms with Gasteiger partial charge in [0.2, 0.25) is 0 Å². The Morgan fingerprint density at radius 1 is 1.06 bits per heavy atom. The summed E-state index contributed by atoms with van der Waals surface area (Å²) >= 11 is 14.3. The number of benzene rings is 1. The summed E-state index contributed by atoms with van der Waals surface area (Å²) in [5, 5.41) is -0.562. The van der Waals surface area contributed by atoms with Crippen molar-refractivity contribution >= 4 is 54.8 Å². The van der Waals surface area contributed by atoms with Crippen molar-refractivity contribution in [1.29, 1.82) is 0 Å². The number of rotatable bonds is 2. The molecular formula is C11H5Br2ClF2S. The fraction of sp³-hybridized carbons (Fsp3) is 0.0909. The van der Waals surface area contributed by atoms with Gasteiger partial charge in [-0.2, -0.15) is 0 Å². The Morgan fingerprint density at radius 3 is 2.12 bits per heavy atom. The van der Waals surface area contributed by atoms with E-state index in [4.69, 9.17) is 11.6 Å². The van der Waals surface area contributed by atoms with Crippen LogP contribution < -0.4 is 0 Å². The predicted octanol–water partition coefficient (Wildman–Crippen LogP) is 5.88. The van der Waals surface area contributed by atoms with Gasteiger partial charge in [-0.05, 0) is 55.6 Å². The molecule has 0 aliphatic heterocycles. The molecular weight excluding hydrogens is 397 g/mol. The molecule has 17 heavy (non-hydrogen) atoms. The smallest absolute Gasteiger partial charge is 0.126 e. The second-order valence-corrected chi connectivity index (χ2v) is 7.03. The van der Waals surface area contributed by atoms with Crippen LogP contribution in [0.15, 0.2) is 32.5 Å². The molecule has 1 aromatic heterocycles. The Balaban J connectivity index is 2.39. The SMILES string of the molecule is Fc1cc(F)cc(C(Cl)c2cc(Br)c(Br)s2)c1. The Labute approximate surface area is 123 Å². The van der Waals surface area contributed by atoms with E-state index in [-0.39, 0.29) is 0 Å². The van der Waals surface area contributed by atoms with Gasteiger partial charge in [-0.3, -0.25) is 0 Å². The summed E-state index contributed by atoms with van der Waals surface area (Å²) in [5.41, 5.74) is 0.408. The van der Waals surface area contributed by atoms with E-state index in [9.17, 15) is 8.78 Å². The van der Waals surface area contributed by atoms with Crippen LogP contribution in [0.3, 0.4) is 0 Å². The van der Waals surface area contributed by atoms with Crippen molar-refractivity contribution < 1.29 is 8.78 Å². The summed E-state index contributed by atoms with van der Waals surface area (Å²) in [4.78, 5) is 0.815. The van der Waals surface area contributed by atoms with Gasteiger partial charge < -0.3 is 0 Å². The van der Waals surface area contributed by atoms with E-state index in [0.29, 0.717) is 5.56 Å². The van der Waals surface area contributed by atoms with Crippen LogP contribution in [0.1, 0.15) is 15.8 Å². The normalized spacial score (nSPS) is 12.8. The highest BCUT2D eigenvalue weighted by Gasteiger charge is 2.17. The van der Waals surface area contributed by atoms with Crippen LogP contribution >= 0.6 is 54.8 Å². The maximum Gasteiger partial charge on any atom is 0.126 e. The quantitative estimate of drug-likeness (QED) is 0.551. The highest BCUT2D eigenvalue weighted by Crippen LogP contribution is 2.40. The Hall–Kier alpha value is 0.0300. The van der Waals surface area contributed by atoms with Gasteiger partial charge in [0.1, 0.15) is 11.6 Å². The van der Waals surface area contributed by atoms with E-state index in [1.165, 1.54) is 23.5 Å². The molecule has 0 nitrogen and oxygen atoms in total. The summed E-state index contributed by atoms with van der Waals surface area (Å²) in [6.45, 7) is 0. The van der Waals surface area contributed by atoms with E-state index in [0.717, 1.165) is 19.2 Å². The number of alkyl halides is 1. The highest BCUT2D eigenvalue weighted by molar-refractivity contribution is 9.13. The van der Waals surface area contributed by atoms with Crippen LogP contribution in [-0.4, -0.2) is 0 Å². The fourth-order valence-electron chi connectivity index (χ4n) is 1.37. The lowest BCUT2D eigenvalue weighted by Gasteiger charge is -2.07. The molecule has 6 heteroatoms. The molecule has 0 radical (unpaired) electrons. The van der Waals surface area contributed by atoms with Crippen molar-refractivity contribution in [1.82, 2.24) is 0 Å². The zero-order valence-electron chi connectivity index (χ0n) is 8.18. The summed E-state index contributed by atoms with van der Waals surface area (Å²) in [6.07, 6.45) is 0. The van der Waals surface area contributed by atoms with Gasteiger partial charge >= 0.3 is 0 Å². The molecule has 0 bridgehead atoms. The number of hydrogen-bond donors (Lipinski definition) is 0. The molecule has 0 aliphatic carbocycles. The van der Waals surface area contributed by atoms with Gasteiger partial charge in [-0.1, -0.05) is 0 Å². The molecule has 1 unspecified atom stereocenters. The number of hydrogen-bond acceptors (Lipinski definition) is 1. The van der Waals surface area contributed by atoms with E-state index < -0.39 is 17.0 Å². The first kappa shape index (κ1) is 13.5. The molecule has 0 spiro atoms. The Bertz CT molecular complexity index is 517. The molecule has 0 aliphatic rings. The first-order valence-corrected chi connectivity index (χ1v) is 7.36. The average Bonchev–Trinajstić information content (AvgIpc) is 2.57. The topological polar surface area (TPSA) is 0 Å². The zero-order valence-corrected chi connectivity index (χ0v) is 12.9. The van der Waals surface area contributed by atoms with E-state index in [1.807, 2.05) is 6.07 Å². The molecule has 0 saturated heterocycles. The predicted molar refractivity (Wildman–Crippen MR) is 73.8 cm³/mol. The molecule has 0 N–H and O–H groups in total. The second-order valence-electron chi connectivity index (χ2n) is 3.34. The van der Waals surface area contributed by atoms with Gasteiger partial charge in [-0.25, -0.2) is 8.78 Å². The lowest BCUT2D eigenvalue weighted by atomic mass is 10.1. The lowest BCUT2D eigenvalue weighted by molar-refractivity contribution is 0.580. The summed E-state index contributed by atoms with van der Waals surface area (Å²) < 4.78 is 27.9. The molecule has 1 aromatic carbocycles.